The van der Waals surface area contributed by atoms with E-state index in [4.69, 9.17) is 4.74 Å². The second kappa shape index (κ2) is 5.83. The number of amides is 1. The van der Waals surface area contributed by atoms with Crippen LogP contribution in [0.25, 0.3) is 0 Å². The molecule has 20 heavy (non-hydrogen) atoms. The normalized spacial score (nSPS) is 14.2. The van der Waals surface area contributed by atoms with Crippen LogP contribution in [0.5, 0.6) is 0 Å². The minimum Gasteiger partial charge on any atom is -0.479 e. The third-order valence-corrected chi connectivity index (χ3v) is 3.07. The number of carboxylic acid groups (broad SMARTS) is 1. The zero-order chi connectivity index (χ0) is 15.6. The quantitative estimate of drug-likeness (QED) is 0.882. The highest BCUT2D eigenvalue weighted by molar-refractivity contribution is 9.10. The number of rotatable bonds is 3. The van der Waals surface area contributed by atoms with Gasteiger partial charge >= 0.3 is 12.1 Å². The van der Waals surface area contributed by atoms with Gasteiger partial charge in [-0.1, -0.05) is 28.1 Å². The lowest BCUT2D eigenvalue weighted by molar-refractivity contribution is -0.144. The topological polar surface area (TPSA) is 75.6 Å². The molecule has 0 aliphatic rings. The number of hydrogen-bond donors (Lipinski definition) is 2. The van der Waals surface area contributed by atoms with Crippen molar-refractivity contribution in [1.29, 1.82) is 0 Å². The molecule has 0 radical (unpaired) electrons. The van der Waals surface area contributed by atoms with E-state index >= 15 is 0 Å². The van der Waals surface area contributed by atoms with Gasteiger partial charge in [-0.15, -0.1) is 0 Å². The molecule has 0 aliphatic heterocycles. The fourth-order valence-electron chi connectivity index (χ4n) is 1.56. The van der Waals surface area contributed by atoms with Crippen LogP contribution in [0.2, 0.25) is 0 Å². The lowest BCUT2D eigenvalue weighted by atomic mass is 9.92. The van der Waals surface area contributed by atoms with E-state index < -0.39 is 23.2 Å². The number of carbonyl (C=O) groups excluding carboxylic acids is 1. The summed E-state index contributed by atoms with van der Waals surface area (Å²) >= 11 is 3.28. The van der Waals surface area contributed by atoms with E-state index in [0.717, 1.165) is 4.47 Å². The zero-order valence-corrected chi connectivity index (χ0v) is 13.4. The Kier molecular flexibility index (Phi) is 4.81. The molecule has 1 aromatic carbocycles. The summed E-state index contributed by atoms with van der Waals surface area (Å²) in [7, 11) is 0. The monoisotopic (exact) mass is 343 g/mol. The summed E-state index contributed by atoms with van der Waals surface area (Å²) in [5.74, 6) is -1.17. The number of carboxylic acids is 1. The third kappa shape index (κ3) is 4.23. The summed E-state index contributed by atoms with van der Waals surface area (Å²) in [5, 5.41) is 11.8. The predicted octanol–water partition coefficient (Wildman–Crippen LogP) is 3.27. The summed E-state index contributed by atoms with van der Waals surface area (Å²) in [6, 6.07) is 6.76. The molecule has 0 bridgehead atoms. The van der Waals surface area contributed by atoms with Crippen molar-refractivity contribution in [3.63, 3.8) is 0 Å². The molecule has 0 saturated heterocycles. The molecule has 1 aromatic rings. The summed E-state index contributed by atoms with van der Waals surface area (Å²) in [5.41, 5.74) is -1.81. The molecular weight excluding hydrogens is 326 g/mol. The van der Waals surface area contributed by atoms with Gasteiger partial charge in [-0.3, -0.25) is 0 Å². The Morgan fingerprint density at radius 1 is 1.25 bits per heavy atom. The first kappa shape index (κ1) is 16.5. The van der Waals surface area contributed by atoms with Crippen molar-refractivity contribution in [2.45, 2.75) is 38.8 Å². The fraction of sp³-hybridized carbons (Fsp3) is 0.429. The van der Waals surface area contributed by atoms with Crippen LogP contribution < -0.4 is 5.32 Å². The first-order chi connectivity index (χ1) is 9.04. The minimum atomic E-state index is -1.56. The van der Waals surface area contributed by atoms with Crippen LogP contribution in [0, 0.1) is 0 Å². The van der Waals surface area contributed by atoms with Crippen molar-refractivity contribution in [2.75, 3.05) is 0 Å². The fourth-order valence-corrected chi connectivity index (χ4v) is 1.96. The second-order valence-electron chi connectivity index (χ2n) is 5.57. The minimum absolute atomic E-state index is 0.449. The number of aliphatic carboxylic acids is 1. The Balaban J connectivity index is 3.05. The Bertz CT molecular complexity index is 524. The van der Waals surface area contributed by atoms with Gasteiger partial charge in [0.05, 0.1) is 0 Å². The number of carbonyl (C=O) groups is 2. The maximum Gasteiger partial charge on any atom is 0.408 e. The van der Waals surface area contributed by atoms with Crippen LogP contribution in [0.4, 0.5) is 4.79 Å². The number of hydrogen-bond acceptors (Lipinski definition) is 3. The molecule has 0 aliphatic carbocycles. The number of benzene rings is 1. The molecule has 6 heteroatoms. The number of halogens is 1. The Morgan fingerprint density at radius 3 is 2.30 bits per heavy atom. The molecule has 0 heterocycles. The number of ether oxygens (including phenoxy) is 1. The van der Waals surface area contributed by atoms with Crippen LogP contribution in [0.3, 0.4) is 0 Å². The molecule has 0 aromatic heterocycles. The highest BCUT2D eigenvalue weighted by atomic mass is 79.9. The van der Waals surface area contributed by atoms with Gasteiger partial charge in [0.1, 0.15) is 5.60 Å². The molecule has 110 valence electrons. The highest BCUT2D eigenvalue weighted by Gasteiger charge is 2.38. The van der Waals surface area contributed by atoms with Crippen molar-refractivity contribution >= 4 is 28.0 Å². The van der Waals surface area contributed by atoms with E-state index in [1.807, 2.05) is 0 Å². The molecule has 0 saturated carbocycles. The molecule has 1 atom stereocenters. The molecule has 1 rings (SSSR count). The molecule has 2 N–H and O–H groups in total. The molecule has 5 nitrogen and oxygen atoms in total. The third-order valence-electron chi connectivity index (χ3n) is 2.58. The van der Waals surface area contributed by atoms with Crippen LogP contribution in [0.15, 0.2) is 28.7 Å². The van der Waals surface area contributed by atoms with Crippen molar-refractivity contribution < 1.29 is 19.4 Å². The van der Waals surface area contributed by atoms with Gasteiger partial charge in [0.25, 0.3) is 0 Å². The standard InChI is InChI=1S/C14H18BrNO4/c1-13(2,3)20-12(19)16-14(4,11(17)18)9-6-5-7-10(15)8-9/h5-8H,1-4H3,(H,16,19)(H,17,18). The van der Waals surface area contributed by atoms with E-state index in [1.54, 1.807) is 45.0 Å². The lowest BCUT2D eigenvalue weighted by Crippen LogP contribution is -2.51. The first-order valence-corrected chi connectivity index (χ1v) is 6.84. The van der Waals surface area contributed by atoms with E-state index in [0.29, 0.717) is 5.56 Å². The predicted molar refractivity (Wildman–Crippen MR) is 78.5 cm³/mol. The summed E-state index contributed by atoms with van der Waals surface area (Å²) in [4.78, 5) is 23.4. The van der Waals surface area contributed by atoms with Crippen LogP contribution in [-0.2, 0) is 15.1 Å². The molecule has 0 spiro atoms. The van der Waals surface area contributed by atoms with Crippen LogP contribution >= 0.6 is 15.9 Å². The van der Waals surface area contributed by atoms with Gasteiger partial charge in [-0.2, -0.15) is 0 Å². The number of alkyl carbamates (subject to hydrolysis) is 1. The van der Waals surface area contributed by atoms with Crippen LogP contribution in [-0.4, -0.2) is 22.8 Å². The first-order valence-electron chi connectivity index (χ1n) is 6.05. The average Bonchev–Trinajstić information content (AvgIpc) is 2.25. The summed E-state index contributed by atoms with van der Waals surface area (Å²) in [6.07, 6.45) is -0.776. The average molecular weight is 344 g/mol. The molecular formula is C14H18BrNO4. The van der Waals surface area contributed by atoms with Crippen molar-refractivity contribution in [2.24, 2.45) is 0 Å². The van der Waals surface area contributed by atoms with Crippen molar-refractivity contribution in [3.05, 3.63) is 34.3 Å². The zero-order valence-electron chi connectivity index (χ0n) is 11.9. The maximum atomic E-state index is 11.8. The van der Waals surface area contributed by atoms with E-state index in [2.05, 4.69) is 21.2 Å². The van der Waals surface area contributed by atoms with E-state index in [1.165, 1.54) is 6.92 Å². The van der Waals surface area contributed by atoms with Gasteiger partial charge in [0.2, 0.25) is 0 Å². The van der Waals surface area contributed by atoms with Crippen LogP contribution in [0.1, 0.15) is 33.3 Å². The molecule has 1 amide bonds. The smallest absolute Gasteiger partial charge is 0.408 e. The Morgan fingerprint density at radius 2 is 1.85 bits per heavy atom. The van der Waals surface area contributed by atoms with Gasteiger partial charge in [-0.05, 0) is 45.4 Å². The Labute approximate surface area is 126 Å². The summed E-state index contributed by atoms with van der Waals surface area (Å²) in [6.45, 7) is 6.55. The largest absolute Gasteiger partial charge is 0.479 e. The maximum absolute atomic E-state index is 11.8. The molecule has 1 unspecified atom stereocenters. The highest BCUT2D eigenvalue weighted by Crippen LogP contribution is 2.25. The molecule has 0 fully saturated rings. The van der Waals surface area contributed by atoms with Crippen molar-refractivity contribution in [3.8, 4) is 0 Å². The van der Waals surface area contributed by atoms with E-state index in [9.17, 15) is 14.7 Å². The Hall–Kier alpha value is -1.56. The van der Waals surface area contributed by atoms with E-state index in [-0.39, 0.29) is 0 Å². The number of nitrogens with one attached hydrogen (secondary N) is 1. The summed E-state index contributed by atoms with van der Waals surface area (Å²) < 4.78 is 5.84. The second-order valence-corrected chi connectivity index (χ2v) is 6.48. The van der Waals surface area contributed by atoms with Gasteiger partial charge in [0.15, 0.2) is 5.54 Å². The van der Waals surface area contributed by atoms with Gasteiger partial charge in [0, 0.05) is 4.47 Å². The van der Waals surface area contributed by atoms with Crippen molar-refractivity contribution in [1.82, 2.24) is 5.32 Å². The SMILES string of the molecule is CC(C)(C)OC(=O)NC(C)(C(=O)O)c1cccc(Br)c1. The van der Waals surface area contributed by atoms with Gasteiger partial charge in [-0.25, -0.2) is 9.59 Å². The lowest BCUT2D eigenvalue weighted by Gasteiger charge is -2.29. The van der Waals surface area contributed by atoms with Gasteiger partial charge < -0.3 is 15.2 Å².